The van der Waals surface area contributed by atoms with Crippen molar-refractivity contribution < 1.29 is 27.9 Å². The summed E-state index contributed by atoms with van der Waals surface area (Å²) in [6.07, 6.45) is -0.746. The molecular formula is C38H42N5O6P. The largest absolute Gasteiger partial charge is 0.460 e. The predicted octanol–water partition coefficient (Wildman–Crippen LogP) is 8.12. The number of pyridine rings is 1. The first kappa shape index (κ1) is 35.0. The Morgan fingerprint density at radius 1 is 0.920 bits per heavy atom. The van der Waals surface area contributed by atoms with Crippen molar-refractivity contribution in [2.75, 3.05) is 12.3 Å². The summed E-state index contributed by atoms with van der Waals surface area (Å²) in [5, 5.41) is 5.44. The Kier molecular flexibility index (Phi) is 10.2. The van der Waals surface area contributed by atoms with E-state index in [9.17, 15) is 4.79 Å². The van der Waals surface area contributed by atoms with E-state index in [0.29, 0.717) is 40.6 Å². The first-order valence-corrected chi connectivity index (χ1v) is 18.1. The minimum Gasteiger partial charge on any atom is -0.459 e. The van der Waals surface area contributed by atoms with Crippen LogP contribution >= 0.6 is 7.75 Å². The van der Waals surface area contributed by atoms with Crippen LogP contribution in [0.15, 0.2) is 97.1 Å². The van der Waals surface area contributed by atoms with Gasteiger partial charge in [-0.1, -0.05) is 84.9 Å². The average Bonchev–Trinajstić information content (AvgIpc) is 3.44. The molecule has 6 rings (SSSR count). The second-order valence-electron chi connectivity index (χ2n) is 13.0. The van der Waals surface area contributed by atoms with E-state index in [4.69, 9.17) is 29.2 Å². The number of nitrogens with two attached hydrogens (primary N) is 1. The Hall–Kier alpha value is -4.80. The summed E-state index contributed by atoms with van der Waals surface area (Å²) >= 11 is 0. The number of hydrogen-bond donors (Lipinski definition) is 2. The zero-order valence-corrected chi connectivity index (χ0v) is 29.7. The summed E-state index contributed by atoms with van der Waals surface area (Å²) in [5.74, 6) is 0.599. The van der Waals surface area contributed by atoms with Crippen LogP contribution in [0.1, 0.15) is 52.0 Å². The zero-order chi connectivity index (χ0) is 35.5. The summed E-state index contributed by atoms with van der Waals surface area (Å²) in [6.45, 7) is 9.91. The van der Waals surface area contributed by atoms with Gasteiger partial charge in [0.15, 0.2) is 5.82 Å². The van der Waals surface area contributed by atoms with Crippen LogP contribution in [-0.2, 0) is 36.5 Å². The molecule has 0 amide bonds. The van der Waals surface area contributed by atoms with Crippen molar-refractivity contribution in [2.45, 2.75) is 65.5 Å². The highest BCUT2D eigenvalue weighted by Gasteiger charge is 2.38. The van der Waals surface area contributed by atoms with Gasteiger partial charge in [-0.15, -0.1) is 0 Å². The number of nitrogen functional groups attached to an aromatic ring is 1. The number of benzene rings is 4. The van der Waals surface area contributed by atoms with Crippen molar-refractivity contribution in [1.29, 1.82) is 0 Å². The number of esters is 1. The number of anilines is 1. The van der Waals surface area contributed by atoms with E-state index in [-0.39, 0.29) is 13.2 Å². The van der Waals surface area contributed by atoms with Gasteiger partial charge in [0.1, 0.15) is 35.3 Å². The van der Waals surface area contributed by atoms with E-state index in [1.54, 1.807) is 58.0 Å². The number of rotatable bonds is 13. The summed E-state index contributed by atoms with van der Waals surface area (Å²) in [4.78, 5) is 23.1. The first-order valence-electron chi connectivity index (χ1n) is 16.6. The van der Waals surface area contributed by atoms with Crippen LogP contribution in [0, 0.1) is 0 Å². The molecule has 11 nitrogen and oxygen atoms in total. The zero-order valence-electron chi connectivity index (χ0n) is 28.8. The number of aromatic nitrogens is 3. The summed E-state index contributed by atoms with van der Waals surface area (Å²) in [6, 6.07) is 28.5. The fourth-order valence-electron chi connectivity index (χ4n) is 5.84. The Balaban J connectivity index is 1.42. The lowest BCUT2D eigenvalue weighted by Crippen LogP contribution is -2.35. The molecule has 0 saturated heterocycles. The van der Waals surface area contributed by atoms with Crippen molar-refractivity contribution in [3.63, 3.8) is 0 Å². The molecule has 260 valence electrons. The van der Waals surface area contributed by atoms with Crippen LogP contribution in [0.4, 0.5) is 5.82 Å². The lowest BCUT2D eigenvalue weighted by atomic mass is 10.1. The van der Waals surface area contributed by atoms with Crippen LogP contribution in [0.25, 0.3) is 32.7 Å². The van der Waals surface area contributed by atoms with E-state index in [0.717, 1.165) is 21.7 Å². The van der Waals surface area contributed by atoms with E-state index in [1.165, 1.54) is 0 Å². The summed E-state index contributed by atoms with van der Waals surface area (Å²) in [5.41, 5.74) is 8.14. The maximum atomic E-state index is 15.2. The highest BCUT2D eigenvalue weighted by Crippen LogP contribution is 2.50. The molecule has 3 N–H and O–H groups in total. The van der Waals surface area contributed by atoms with Gasteiger partial charge in [-0.3, -0.25) is 4.52 Å². The van der Waals surface area contributed by atoms with Crippen molar-refractivity contribution >= 4 is 52.2 Å². The summed E-state index contributed by atoms with van der Waals surface area (Å²) in [7, 11) is -4.37. The van der Waals surface area contributed by atoms with E-state index < -0.39 is 31.5 Å². The second kappa shape index (κ2) is 14.6. The number of carbonyl (C=O) groups excluding carboxylic acids is 1. The molecule has 2 heterocycles. The highest BCUT2D eigenvalue weighted by atomic mass is 31.2. The molecule has 0 fully saturated rings. The molecule has 0 aliphatic carbocycles. The smallest absolute Gasteiger partial charge is 0.459 e. The Labute approximate surface area is 291 Å². The maximum Gasteiger partial charge on any atom is 0.460 e. The standard InChI is InChI=1S/C38H42N5O6P/c1-6-46-24-32-41-34-35(29-20-12-13-21-30(29)40-36(34)39)43(32)23-25(2)48-50(45,49-31-22-14-18-26-15-10-11-19-28(26)31)42-33(27-16-8-7-9-17-27)37(44)47-38(3,4)5/h7-22,25,33H,6,23-24H2,1-5H3,(H2,39,40)(H,42,45)/t25-,33+,50+/m1/s1. The van der Waals surface area contributed by atoms with Gasteiger partial charge in [-0.2, -0.15) is 5.09 Å². The molecule has 12 heteroatoms. The Bertz CT molecular complexity index is 2180. The Morgan fingerprint density at radius 2 is 1.60 bits per heavy atom. The van der Waals surface area contributed by atoms with Crippen LogP contribution in [-0.4, -0.2) is 38.8 Å². The molecule has 0 spiro atoms. The van der Waals surface area contributed by atoms with Crippen molar-refractivity contribution in [3.8, 4) is 5.75 Å². The normalized spacial score (nSPS) is 14.4. The molecule has 4 aromatic carbocycles. The molecular weight excluding hydrogens is 653 g/mol. The molecule has 0 radical (unpaired) electrons. The monoisotopic (exact) mass is 695 g/mol. The van der Waals surface area contributed by atoms with Crippen LogP contribution in [0.3, 0.4) is 0 Å². The lowest BCUT2D eigenvalue weighted by Gasteiger charge is -2.29. The molecule has 50 heavy (non-hydrogen) atoms. The number of nitrogens with zero attached hydrogens (tertiary/aromatic N) is 3. The quantitative estimate of drug-likeness (QED) is 0.0899. The molecule has 0 bridgehead atoms. The fourth-order valence-corrected chi connectivity index (χ4v) is 7.53. The fraction of sp³-hybridized carbons (Fsp3) is 0.289. The van der Waals surface area contributed by atoms with Gasteiger partial charge in [0.05, 0.1) is 23.7 Å². The molecule has 2 aromatic heterocycles. The Morgan fingerprint density at radius 3 is 2.34 bits per heavy atom. The number of carbonyl (C=O) groups is 1. The van der Waals surface area contributed by atoms with Crippen LogP contribution < -0.4 is 15.3 Å². The van der Waals surface area contributed by atoms with Crippen molar-refractivity contribution in [3.05, 3.63) is 108 Å². The van der Waals surface area contributed by atoms with Gasteiger partial charge < -0.3 is 24.3 Å². The van der Waals surface area contributed by atoms with Crippen LogP contribution in [0.5, 0.6) is 5.75 Å². The number of nitrogens with one attached hydrogen (secondary N) is 1. The topological polar surface area (TPSA) is 140 Å². The van der Waals surface area contributed by atoms with Gasteiger partial charge in [0.2, 0.25) is 0 Å². The van der Waals surface area contributed by atoms with E-state index in [2.05, 4.69) is 10.1 Å². The van der Waals surface area contributed by atoms with Gasteiger partial charge in [-0.05, 0) is 57.7 Å². The second-order valence-corrected chi connectivity index (χ2v) is 14.6. The number of hydrogen-bond acceptors (Lipinski definition) is 9. The molecule has 0 saturated carbocycles. The minimum absolute atomic E-state index is 0.194. The number of ether oxygens (including phenoxy) is 2. The summed E-state index contributed by atoms with van der Waals surface area (Å²) < 4.78 is 41.5. The van der Waals surface area contributed by atoms with E-state index >= 15 is 4.57 Å². The third-order valence-electron chi connectivity index (χ3n) is 7.91. The third-order valence-corrected chi connectivity index (χ3v) is 9.56. The minimum atomic E-state index is -4.37. The number of imidazole rings is 1. The molecule has 0 unspecified atom stereocenters. The van der Waals surface area contributed by atoms with Crippen molar-refractivity contribution in [1.82, 2.24) is 19.6 Å². The highest BCUT2D eigenvalue weighted by molar-refractivity contribution is 7.52. The molecule has 3 atom stereocenters. The molecule has 0 aliphatic heterocycles. The van der Waals surface area contributed by atoms with E-state index in [1.807, 2.05) is 78.2 Å². The van der Waals surface area contributed by atoms with Gasteiger partial charge in [0, 0.05) is 17.4 Å². The maximum absolute atomic E-state index is 15.2. The molecule has 6 aromatic rings. The SMILES string of the molecule is CCOCc1nc2c(N)nc3ccccc3c2n1C[C@@H](C)O[P@@](=O)(N[C@H](C(=O)OC(C)(C)C)c1ccccc1)Oc1cccc2ccccc12. The lowest BCUT2D eigenvalue weighted by molar-refractivity contribution is -0.157. The molecule has 0 aliphatic rings. The number of para-hydroxylation sites is 1. The van der Waals surface area contributed by atoms with Crippen molar-refractivity contribution in [2.24, 2.45) is 0 Å². The van der Waals surface area contributed by atoms with Gasteiger partial charge in [0.25, 0.3) is 0 Å². The predicted molar refractivity (Wildman–Crippen MR) is 196 cm³/mol. The first-order chi connectivity index (χ1) is 23.9. The number of fused-ring (bicyclic) bond motifs is 4. The van der Waals surface area contributed by atoms with Gasteiger partial charge in [-0.25, -0.2) is 19.3 Å². The van der Waals surface area contributed by atoms with Gasteiger partial charge >= 0.3 is 13.7 Å². The average molecular weight is 696 g/mol. The van der Waals surface area contributed by atoms with Crippen LogP contribution in [0.2, 0.25) is 0 Å². The third kappa shape index (κ3) is 7.82.